The molecule has 0 bridgehead atoms. The zero-order valence-corrected chi connectivity index (χ0v) is 18.5. The largest absolute Gasteiger partial charge is 0.496 e. The Labute approximate surface area is 185 Å². The number of rotatable bonds is 6. The lowest BCUT2D eigenvalue weighted by atomic mass is 9.74. The van der Waals surface area contributed by atoms with Crippen LogP contribution in [0, 0.1) is 5.92 Å². The highest BCUT2D eigenvalue weighted by atomic mass is 35.5. The fourth-order valence-electron chi connectivity index (χ4n) is 4.54. The van der Waals surface area contributed by atoms with Crippen molar-refractivity contribution in [2.45, 2.75) is 31.8 Å². The van der Waals surface area contributed by atoms with Gasteiger partial charge in [-0.1, -0.05) is 18.5 Å². The van der Waals surface area contributed by atoms with Crippen LogP contribution in [0.15, 0.2) is 17.8 Å². The second-order valence-electron chi connectivity index (χ2n) is 8.02. The maximum atomic E-state index is 13.4. The second kappa shape index (κ2) is 8.07. The number of benzene rings is 1. The molecule has 2 aliphatic heterocycles. The third-order valence-corrected chi connectivity index (χ3v) is 6.57. The highest BCUT2D eigenvalue weighted by Gasteiger charge is 2.60. The lowest BCUT2D eigenvalue weighted by Gasteiger charge is -2.35. The molecule has 2 unspecified atom stereocenters. The normalized spacial score (nSPS) is 24.9. The Balaban J connectivity index is 1.57. The van der Waals surface area contributed by atoms with Gasteiger partial charge in [-0.3, -0.25) is 14.4 Å². The van der Waals surface area contributed by atoms with Crippen molar-refractivity contribution in [3.05, 3.63) is 28.4 Å². The minimum atomic E-state index is -1.68. The second-order valence-corrected chi connectivity index (χ2v) is 8.39. The van der Waals surface area contributed by atoms with Gasteiger partial charge in [-0.05, 0) is 12.8 Å². The van der Waals surface area contributed by atoms with E-state index in [1.54, 1.807) is 6.92 Å². The van der Waals surface area contributed by atoms with Crippen LogP contribution in [0.3, 0.4) is 0 Å². The van der Waals surface area contributed by atoms with Crippen LogP contribution >= 0.6 is 11.6 Å². The summed E-state index contributed by atoms with van der Waals surface area (Å²) in [5, 5.41) is 3.36. The summed E-state index contributed by atoms with van der Waals surface area (Å²) in [6.45, 7) is 3.69. The number of amides is 1. The smallest absolute Gasteiger partial charge is 0.236 e. The maximum Gasteiger partial charge on any atom is 0.236 e. The number of ketones is 2. The molecule has 1 aromatic rings. The van der Waals surface area contributed by atoms with Gasteiger partial charge in [0.1, 0.15) is 22.1 Å². The number of hydrogen-bond donors (Lipinski definition) is 1. The van der Waals surface area contributed by atoms with Gasteiger partial charge in [0.25, 0.3) is 0 Å². The number of nitrogens with one attached hydrogen (secondary N) is 1. The van der Waals surface area contributed by atoms with E-state index in [0.717, 1.165) is 18.7 Å². The number of likely N-dealkylation sites (tertiary alicyclic amines) is 1. The summed E-state index contributed by atoms with van der Waals surface area (Å²) in [5.41, 5.74) is -0.800. The summed E-state index contributed by atoms with van der Waals surface area (Å²) in [5.74, 6) is -0.517. The number of nitrogens with zero attached hydrogens (tertiary/aromatic N) is 1. The Morgan fingerprint density at radius 3 is 2.61 bits per heavy atom. The predicted octanol–water partition coefficient (Wildman–Crippen LogP) is 2.38. The Morgan fingerprint density at radius 1 is 1.26 bits per heavy atom. The van der Waals surface area contributed by atoms with Crippen LogP contribution in [0.25, 0.3) is 0 Å². The van der Waals surface area contributed by atoms with Gasteiger partial charge in [0.2, 0.25) is 23.1 Å². The van der Waals surface area contributed by atoms with Crippen molar-refractivity contribution < 1.29 is 28.6 Å². The molecule has 2 heterocycles. The van der Waals surface area contributed by atoms with Crippen LogP contribution in [0.5, 0.6) is 17.2 Å². The number of allylic oxidation sites excluding steroid dienone is 1. The third-order valence-electron chi connectivity index (χ3n) is 6.22. The molecule has 0 aromatic heterocycles. The molecule has 9 heteroatoms. The summed E-state index contributed by atoms with van der Waals surface area (Å²) in [6.07, 6.45) is 3.34. The van der Waals surface area contributed by atoms with Crippen molar-refractivity contribution in [1.82, 2.24) is 10.2 Å². The first-order valence-corrected chi connectivity index (χ1v) is 10.7. The maximum absolute atomic E-state index is 13.4. The van der Waals surface area contributed by atoms with Crippen molar-refractivity contribution in [2.75, 3.05) is 33.9 Å². The number of Topliss-reactive ketones (excluding diaryl/α,β-unsaturated/α-hetero) is 1. The first-order valence-electron chi connectivity index (χ1n) is 10.3. The Hall–Kier alpha value is -2.74. The van der Waals surface area contributed by atoms with E-state index in [0.29, 0.717) is 31.7 Å². The van der Waals surface area contributed by atoms with Gasteiger partial charge in [0, 0.05) is 49.8 Å². The van der Waals surface area contributed by atoms with Crippen LogP contribution in [0.1, 0.15) is 36.5 Å². The first-order chi connectivity index (χ1) is 14.8. The van der Waals surface area contributed by atoms with Crippen molar-refractivity contribution in [3.8, 4) is 17.2 Å². The molecule has 1 N–H and O–H groups in total. The summed E-state index contributed by atoms with van der Waals surface area (Å²) >= 11 is 6.39. The molecular weight excluding hydrogens is 424 g/mol. The monoisotopic (exact) mass is 448 g/mol. The van der Waals surface area contributed by atoms with Gasteiger partial charge in [-0.15, -0.1) is 0 Å². The Bertz CT molecular complexity index is 991. The lowest BCUT2D eigenvalue weighted by molar-refractivity contribution is -0.129. The van der Waals surface area contributed by atoms with Gasteiger partial charge in [-0.2, -0.15) is 0 Å². The summed E-state index contributed by atoms with van der Waals surface area (Å²) < 4.78 is 16.6. The predicted molar refractivity (Wildman–Crippen MR) is 113 cm³/mol. The van der Waals surface area contributed by atoms with E-state index in [4.69, 9.17) is 25.8 Å². The number of fused-ring (bicyclic) bond motifs is 1. The van der Waals surface area contributed by atoms with E-state index in [-0.39, 0.29) is 28.0 Å². The number of ether oxygens (including phenoxy) is 3. The summed E-state index contributed by atoms with van der Waals surface area (Å²) in [6, 6.07) is 1.52. The molecule has 1 aromatic carbocycles. The van der Waals surface area contributed by atoms with Crippen LogP contribution in [-0.2, 0) is 9.59 Å². The van der Waals surface area contributed by atoms with Gasteiger partial charge in [0.05, 0.1) is 14.2 Å². The van der Waals surface area contributed by atoms with Crippen molar-refractivity contribution in [2.24, 2.45) is 5.92 Å². The van der Waals surface area contributed by atoms with E-state index in [2.05, 4.69) is 5.32 Å². The molecule has 31 heavy (non-hydrogen) atoms. The molecule has 2 atom stereocenters. The van der Waals surface area contributed by atoms with Crippen LogP contribution in [0.4, 0.5) is 0 Å². The fraction of sp³-hybridized carbons (Fsp3) is 0.500. The molecular formula is C22H25ClN2O6. The highest BCUT2D eigenvalue weighted by Crippen LogP contribution is 2.52. The molecule has 1 fully saturated rings. The first kappa shape index (κ1) is 21.5. The van der Waals surface area contributed by atoms with E-state index in [9.17, 15) is 14.4 Å². The molecule has 8 nitrogen and oxygen atoms in total. The minimum absolute atomic E-state index is 0.112. The zero-order valence-electron chi connectivity index (χ0n) is 17.7. The molecule has 1 amide bonds. The SMILES string of the molecule is COc1cc(OC)c2c(c1Cl)OC1(C(=O)C=C(NCCN3CCCC3=O)CC1C)C2=O. The average molecular weight is 449 g/mol. The van der Waals surface area contributed by atoms with Gasteiger partial charge in [0.15, 0.2) is 5.75 Å². The van der Waals surface area contributed by atoms with E-state index in [1.165, 1.54) is 26.4 Å². The zero-order chi connectivity index (χ0) is 22.3. The molecule has 1 spiro atoms. The molecule has 3 aliphatic rings. The summed E-state index contributed by atoms with van der Waals surface area (Å²) in [4.78, 5) is 40.2. The molecule has 0 radical (unpaired) electrons. The summed E-state index contributed by atoms with van der Waals surface area (Å²) in [7, 11) is 2.88. The average Bonchev–Trinajstić information content (AvgIpc) is 3.29. The van der Waals surface area contributed by atoms with Crippen molar-refractivity contribution >= 4 is 29.1 Å². The molecule has 1 aliphatic carbocycles. The third kappa shape index (κ3) is 3.33. The van der Waals surface area contributed by atoms with E-state index in [1.807, 2.05) is 4.90 Å². The number of methoxy groups -OCH3 is 2. The Morgan fingerprint density at radius 2 is 2.00 bits per heavy atom. The number of carbonyl (C=O) groups is 3. The van der Waals surface area contributed by atoms with E-state index < -0.39 is 23.1 Å². The fourth-order valence-corrected chi connectivity index (χ4v) is 4.81. The lowest BCUT2D eigenvalue weighted by Crippen LogP contribution is -2.55. The molecule has 0 saturated carbocycles. The molecule has 166 valence electrons. The van der Waals surface area contributed by atoms with Crippen molar-refractivity contribution in [3.63, 3.8) is 0 Å². The van der Waals surface area contributed by atoms with Crippen LogP contribution < -0.4 is 19.5 Å². The number of halogens is 1. The quantitative estimate of drug-likeness (QED) is 0.667. The molecule has 1 saturated heterocycles. The van der Waals surface area contributed by atoms with E-state index >= 15 is 0 Å². The minimum Gasteiger partial charge on any atom is -0.496 e. The Kier molecular flexibility index (Phi) is 5.60. The topological polar surface area (TPSA) is 94.2 Å². The highest BCUT2D eigenvalue weighted by molar-refractivity contribution is 6.36. The van der Waals surface area contributed by atoms with Crippen LogP contribution in [0.2, 0.25) is 5.02 Å². The van der Waals surface area contributed by atoms with Crippen molar-refractivity contribution in [1.29, 1.82) is 0 Å². The van der Waals surface area contributed by atoms with Gasteiger partial charge < -0.3 is 24.4 Å². The standard InChI is InChI=1S/C22H25ClN2O6/c1-12-9-13(24-6-8-25-7-4-5-17(25)27)10-16(26)22(12)21(28)18-14(29-2)11-15(30-3)19(23)20(18)31-22/h10-12,24H,4-9H2,1-3H3. The number of hydrogen-bond acceptors (Lipinski definition) is 7. The molecule has 4 rings (SSSR count). The van der Waals surface area contributed by atoms with Gasteiger partial charge >= 0.3 is 0 Å². The van der Waals surface area contributed by atoms with Crippen LogP contribution in [-0.4, -0.2) is 61.8 Å². The van der Waals surface area contributed by atoms with Gasteiger partial charge in [-0.25, -0.2) is 0 Å². The number of carbonyl (C=O) groups excluding carboxylic acids is 3.